The fourth-order valence-corrected chi connectivity index (χ4v) is 4.85. The van der Waals surface area contributed by atoms with Gasteiger partial charge in [-0.15, -0.1) is 0 Å². The van der Waals surface area contributed by atoms with E-state index in [1.165, 1.54) is 12.6 Å². The quantitative estimate of drug-likeness (QED) is 0.581. The molecule has 0 aliphatic carbocycles. The zero-order chi connectivity index (χ0) is 24.2. The third-order valence-corrected chi connectivity index (χ3v) is 6.92. The van der Waals surface area contributed by atoms with Gasteiger partial charge in [0.2, 0.25) is 0 Å². The summed E-state index contributed by atoms with van der Waals surface area (Å²) in [6.45, 7) is 4.95. The van der Waals surface area contributed by atoms with Crippen molar-refractivity contribution in [3.63, 3.8) is 0 Å². The molecule has 2 atom stereocenters. The highest BCUT2D eigenvalue weighted by Crippen LogP contribution is 2.26. The van der Waals surface area contributed by atoms with E-state index in [0.717, 1.165) is 37.7 Å². The van der Waals surface area contributed by atoms with Crippen molar-refractivity contribution < 1.29 is 14.7 Å². The van der Waals surface area contributed by atoms with Crippen molar-refractivity contribution in [2.75, 3.05) is 51.6 Å². The van der Waals surface area contributed by atoms with Gasteiger partial charge in [0, 0.05) is 62.9 Å². The number of carbonyl (C=O) groups is 2. The summed E-state index contributed by atoms with van der Waals surface area (Å²) in [5.41, 5.74) is 1.90. The van der Waals surface area contributed by atoms with E-state index in [9.17, 15) is 14.7 Å². The lowest BCUT2D eigenvalue weighted by atomic mass is 10.1. The van der Waals surface area contributed by atoms with Crippen LogP contribution >= 0.6 is 23.2 Å². The van der Waals surface area contributed by atoms with Crippen molar-refractivity contribution in [1.29, 1.82) is 0 Å². The molecule has 0 aromatic heterocycles. The molecule has 34 heavy (non-hydrogen) atoms. The Morgan fingerprint density at radius 1 is 1.00 bits per heavy atom. The van der Waals surface area contributed by atoms with Gasteiger partial charge in [-0.1, -0.05) is 35.3 Å². The van der Waals surface area contributed by atoms with Crippen LogP contribution in [0.1, 0.15) is 15.9 Å². The molecule has 182 valence electrons. The van der Waals surface area contributed by atoms with Crippen molar-refractivity contribution in [2.24, 2.45) is 0 Å². The number of carbonyl (C=O) groups excluding carboxylic acids is 2. The molecule has 8 nitrogen and oxygen atoms in total. The second-order valence-corrected chi connectivity index (χ2v) is 9.55. The Morgan fingerprint density at radius 3 is 2.35 bits per heavy atom. The predicted octanol–water partition coefficient (Wildman–Crippen LogP) is 2.75. The third kappa shape index (κ3) is 5.82. The molecule has 0 saturated carbocycles. The topological polar surface area (TPSA) is 88.1 Å². The van der Waals surface area contributed by atoms with Gasteiger partial charge in [0.15, 0.2) is 0 Å². The Kier molecular flexibility index (Phi) is 7.95. The molecule has 3 amide bonds. The number of benzene rings is 2. The first-order chi connectivity index (χ1) is 16.3. The predicted molar refractivity (Wildman–Crippen MR) is 134 cm³/mol. The average molecular weight is 506 g/mol. The Morgan fingerprint density at radius 2 is 1.68 bits per heavy atom. The van der Waals surface area contributed by atoms with E-state index in [0.29, 0.717) is 22.8 Å². The SMILES string of the molecule is CNC(=O)Nc1cc(Cl)ccc1C(=O)N1C[C@H](O)[C@@H](N2CCN(Cc3ccc(Cl)cc3)CC2)C1. The minimum atomic E-state index is -0.630. The molecular weight excluding hydrogens is 477 g/mol. The van der Waals surface area contributed by atoms with Crippen molar-refractivity contribution in [1.82, 2.24) is 20.0 Å². The van der Waals surface area contributed by atoms with Crippen LogP contribution in [0.4, 0.5) is 10.5 Å². The molecule has 2 aliphatic heterocycles. The first kappa shape index (κ1) is 24.8. The van der Waals surface area contributed by atoms with Crippen molar-refractivity contribution >= 4 is 40.8 Å². The van der Waals surface area contributed by atoms with Crippen LogP contribution in [-0.2, 0) is 6.54 Å². The van der Waals surface area contributed by atoms with E-state index in [2.05, 4.69) is 20.4 Å². The Balaban J connectivity index is 1.36. The summed E-state index contributed by atoms with van der Waals surface area (Å²) < 4.78 is 0. The number of hydrogen-bond donors (Lipinski definition) is 3. The molecule has 2 aromatic carbocycles. The Bertz CT molecular complexity index is 1030. The molecule has 2 saturated heterocycles. The zero-order valence-corrected chi connectivity index (χ0v) is 20.5. The third-order valence-electron chi connectivity index (χ3n) is 6.43. The molecule has 0 bridgehead atoms. The average Bonchev–Trinajstić information content (AvgIpc) is 3.22. The van der Waals surface area contributed by atoms with E-state index < -0.39 is 12.1 Å². The molecule has 3 N–H and O–H groups in total. The van der Waals surface area contributed by atoms with Crippen LogP contribution in [0.2, 0.25) is 10.0 Å². The number of piperazine rings is 1. The molecule has 0 radical (unpaired) electrons. The highest BCUT2D eigenvalue weighted by molar-refractivity contribution is 6.31. The molecule has 2 fully saturated rings. The summed E-state index contributed by atoms with van der Waals surface area (Å²) in [6, 6.07) is 12.1. The lowest BCUT2D eigenvalue weighted by molar-refractivity contribution is 0.0423. The minimum absolute atomic E-state index is 0.121. The van der Waals surface area contributed by atoms with Gasteiger partial charge >= 0.3 is 6.03 Å². The number of halogens is 2. The maximum atomic E-state index is 13.3. The molecule has 2 aliphatic rings. The lowest BCUT2D eigenvalue weighted by Crippen LogP contribution is -2.53. The highest BCUT2D eigenvalue weighted by Gasteiger charge is 2.39. The number of nitrogens with one attached hydrogen (secondary N) is 2. The lowest BCUT2D eigenvalue weighted by Gasteiger charge is -2.38. The number of urea groups is 1. The zero-order valence-electron chi connectivity index (χ0n) is 19.0. The van der Waals surface area contributed by atoms with Crippen LogP contribution in [0.15, 0.2) is 42.5 Å². The fraction of sp³-hybridized carbons (Fsp3) is 0.417. The van der Waals surface area contributed by atoms with Crippen LogP contribution in [0, 0.1) is 0 Å². The second kappa shape index (κ2) is 10.9. The van der Waals surface area contributed by atoms with Crippen LogP contribution < -0.4 is 10.6 Å². The first-order valence-corrected chi connectivity index (χ1v) is 12.1. The summed E-state index contributed by atoms with van der Waals surface area (Å²) in [7, 11) is 1.50. The normalized spacial score (nSPS) is 21.5. The van der Waals surface area contributed by atoms with Crippen LogP contribution in [0.3, 0.4) is 0 Å². The number of β-amino-alcohol motifs (C(OH)–C–C–N with tert-alkyl or cyclic N) is 1. The number of amides is 3. The first-order valence-electron chi connectivity index (χ1n) is 11.3. The van der Waals surface area contributed by atoms with Gasteiger partial charge in [-0.25, -0.2) is 4.79 Å². The van der Waals surface area contributed by atoms with Crippen molar-refractivity contribution in [2.45, 2.75) is 18.7 Å². The fourth-order valence-electron chi connectivity index (χ4n) is 4.56. The standard InChI is InChI=1S/C24H29Cl2N5O3/c1-27-24(34)28-20-12-18(26)6-7-19(20)23(33)31-14-21(22(32)15-31)30-10-8-29(9-11-30)13-16-2-4-17(25)5-3-16/h2-7,12,21-22,32H,8-11,13-15H2,1H3,(H2,27,28,34)/t21-,22-/m0/s1. The van der Waals surface area contributed by atoms with E-state index in [-0.39, 0.29) is 18.5 Å². The number of nitrogens with zero attached hydrogens (tertiary/aromatic N) is 3. The second-order valence-electron chi connectivity index (χ2n) is 8.68. The summed E-state index contributed by atoms with van der Waals surface area (Å²) in [5.74, 6) is -0.244. The summed E-state index contributed by atoms with van der Waals surface area (Å²) >= 11 is 12.1. The maximum Gasteiger partial charge on any atom is 0.318 e. The van der Waals surface area contributed by atoms with Gasteiger partial charge in [-0.2, -0.15) is 0 Å². The van der Waals surface area contributed by atoms with Crippen LogP contribution in [-0.4, -0.2) is 90.2 Å². The minimum Gasteiger partial charge on any atom is -0.390 e. The maximum absolute atomic E-state index is 13.3. The van der Waals surface area contributed by atoms with Gasteiger partial charge in [0.1, 0.15) is 0 Å². The van der Waals surface area contributed by atoms with Gasteiger partial charge in [0.05, 0.1) is 23.4 Å². The highest BCUT2D eigenvalue weighted by atomic mass is 35.5. The van der Waals surface area contributed by atoms with Crippen LogP contribution in [0.25, 0.3) is 0 Å². The molecule has 4 rings (SSSR count). The van der Waals surface area contributed by atoms with Crippen LogP contribution in [0.5, 0.6) is 0 Å². The van der Waals surface area contributed by atoms with E-state index in [1.54, 1.807) is 23.1 Å². The van der Waals surface area contributed by atoms with E-state index >= 15 is 0 Å². The van der Waals surface area contributed by atoms with Gasteiger partial charge in [0.25, 0.3) is 5.91 Å². The van der Waals surface area contributed by atoms with Gasteiger partial charge < -0.3 is 20.6 Å². The van der Waals surface area contributed by atoms with Crippen molar-refractivity contribution in [3.8, 4) is 0 Å². The van der Waals surface area contributed by atoms with E-state index in [1.807, 2.05) is 24.3 Å². The molecule has 0 unspecified atom stereocenters. The Labute approximate surface area is 209 Å². The summed E-state index contributed by atoms with van der Waals surface area (Å²) in [4.78, 5) is 31.4. The molecule has 2 heterocycles. The smallest absolute Gasteiger partial charge is 0.318 e. The van der Waals surface area contributed by atoms with Gasteiger partial charge in [-0.05, 0) is 35.9 Å². The van der Waals surface area contributed by atoms with Gasteiger partial charge in [-0.3, -0.25) is 14.6 Å². The summed E-state index contributed by atoms with van der Waals surface area (Å²) in [5, 5.41) is 17.0. The number of hydrogen-bond acceptors (Lipinski definition) is 5. The monoisotopic (exact) mass is 505 g/mol. The molecule has 2 aromatic rings. The number of anilines is 1. The molecule has 10 heteroatoms. The molecule has 0 spiro atoms. The number of aliphatic hydroxyl groups excluding tert-OH is 1. The Hall–Kier alpha value is -2.36. The number of aliphatic hydroxyl groups is 1. The number of rotatable bonds is 5. The largest absolute Gasteiger partial charge is 0.390 e. The van der Waals surface area contributed by atoms with E-state index in [4.69, 9.17) is 23.2 Å². The van der Waals surface area contributed by atoms with Crippen molar-refractivity contribution in [3.05, 3.63) is 63.6 Å². The number of likely N-dealkylation sites (tertiary alicyclic amines) is 1. The molecular formula is C24H29Cl2N5O3. The summed E-state index contributed by atoms with van der Waals surface area (Å²) in [6.07, 6.45) is -0.630.